The lowest BCUT2D eigenvalue weighted by Crippen LogP contribution is -2.00. The molecule has 0 saturated carbocycles. The molecule has 0 spiro atoms. The molecule has 1 heterocycles. The molecule has 0 unspecified atom stereocenters. The van der Waals surface area contributed by atoms with Crippen molar-refractivity contribution in [3.63, 3.8) is 0 Å². The van der Waals surface area contributed by atoms with E-state index in [1.807, 2.05) is 6.20 Å². The first-order valence-electron chi connectivity index (χ1n) is 6.27. The monoisotopic (exact) mass is 245 g/mol. The number of hydrogen-bond donors (Lipinski definition) is 1. The Kier molecular flexibility index (Phi) is 4.10. The maximum Gasteiger partial charge on any atom is 0.0850 e. The molecular formula is C14H19N3O. The lowest BCUT2D eigenvalue weighted by atomic mass is 10.0. The molecule has 0 aliphatic rings. The summed E-state index contributed by atoms with van der Waals surface area (Å²) in [5, 5.41) is 16.9. The molecule has 2 aromatic rings. The molecule has 0 aliphatic carbocycles. The summed E-state index contributed by atoms with van der Waals surface area (Å²) in [5.41, 5.74) is 3.38. The van der Waals surface area contributed by atoms with Gasteiger partial charge in [0.15, 0.2) is 0 Å². The van der Waals surface area contributed by atoms with Crippen LogP contribution in [0.4, 0.5) is 0 Å². The first-order chi connectivity index (χ1) is 8.69. The number of aromatic nitrogens is 3. The van der Waals surface area contributed by atoms with Crippen LogP contribution in [0.2, 0.25) is 0 Å². The van der Waals surface area contributed by atoms with Crippen molar-refractivity contribution >= 4 is 0 Å². The second kappa shape index (κ2) is 5.78. The van der Waals surface area contributed by atoms with Gasteiger partial charge in [0.25, 0.3) is 0 Å². The number of hydrogen-bond acceptors (Lipinski definition) is 3. The Bertz CT molecular complexity index is 488. The molecule has 0 atom stereocenters. The van der Waals surface area contributed by atoms with E-state index in [4.69, 9.17) is 5.11 Å². The van der Waals surface area contributed by atoms with Crippen molar-refractivity contribution in [2.45, 2.75) is 32.7 Å². The van der Waals surface area contributed by atoms with Crippen LogP contribution < -0.4 is 0 Å². The summed E-state index contributed by atoms with van der Waals surface area (Å²) >= 11 is 0. The zero-order valence-corrected chi connectivity index (χ0v) is 10.9. The van der Waals surface area contributed by atoms with Crippen LogP contribution in [0.25, 0.3) is 0 Å². The summed E-state index contributed by atoms with van der Waals surface area (Å²) in [7, 11) is 0. The lowest BCUT2D eigenvalue weighted by molar-refractivity contribution is 0.298. The SMILES string of the molecule is CC(C)c1ccc(Cn2cc(CCO)nn2)cc1. The van der Waals surface area contributed by atoms with Gasteiger partial charge in [0.1, 0.15) is 0 Å². The van der Waals surface area contributed by atoms with Crippen LogP contribution in [-0.4, -0.2) is 26.7 Å². The number of aliphatic hydroxyl groups excluding tert-OH is 1. The smallest absolute Gasteiger partial charge is 0.0850 e. The van der Waals surface area contributed by atoms with Crippen molar-refractivity contribution in [2.24, 2.45) is 0 Å². The first kappa shape index (κ1) is 12.8. The molecule has 2 rings (SSSR count). The minimum absolute atomic E-state index is 0.113. The summed E-state index contributed by atoms with van der Waals surface area (Å²) in [4.78, 5) is 0. The normalized spacial score (nSPS) is 11.1. The predicted octanol–water partition coefficient (Wildman–Crippen LogP) is 1.98. The van der Waals surface area contributed by atoms with Gasteiger partial charge < -0.3 is 5.11 Å². The van der Waals surface area contributed by atoms with Crippen LogP contribution in [0, 0.1) is 0 Å². The Balaban J connectivity index is 2.03. The standard InChI is InChI=1S/C14H19N3O/c1-11(2)13-5-3-12(4-6-13)9-17-10-14(7-8-18)15-16-17/h3-6,10-11,18H,7-9H2,1-2H3. The number of nitrogens with zero attached hydrogens (tertiary/aromatic N) is 3. The Labute approximate surface area is 107 Å². The van der Waals surface area contributed by atoms with Crippen molar-refractivity contribution < 1.29 is 5.11 Å². The van der Waals surface area contributed by atoms with Crippen LogP contribution in [-0.2, 0) is 13.0 Å². The maximum absolute atomic E-state index is 8.82. The summed E-state index contributed by atoms with van der Waals surface area (Å²) in [5.74, 6) is 0.557. The van der Waals surface area contributed by atoms with Crippen LogP contribution in [0.1, 0.15) is 36.6 Å². The van der Waals surface area contributed by atoms with Gasteiger partial charge in [-0.15, -0.1) is 5.10 Å². The van der Waals surface area contributed by atoms with Crippen LogP contribution >= 0.6 is 0 Å². The van der Waals surface area contributed by atoms with Crippen molar-refractivity contribution in [2.75, 3.05) is 6.61 Å². The summed E-state index contributed by atoms with van der Waals surface area (Å²) in [6.07, 6.45) is 2.44. The Morgan fingerprint density at radius 1 is 1.22 bits per heavy atom. The largest absolute Gasteiger partial charge is 0.396 e. The van der Waals surface area contributed by atoms with Crippen LogP contribution in [0.3, 0.4) is 0 Å². The van der Waals surface area contributed by atoms with Gasteiger partial charge in [-0.2, -0.15) is 0 Å². The quantitative estimate of drug-likeness (QED) is 0.876. The van der Waals surface area contributed by atoms with Crippen LogP contribution in [0.15, 0.2) is 30.5 Å². The number of aliphatic hydroxyl groups is 1. The predicted molar refractivity (Wildman–Crippen MR) is 70.4 cm³/mol. The third-order valence-electron chi connectivity index (χ3n) is 2.94. The van der Waals surface area contributed by atoms with E-state index in [0.717, 1.165) is 12.2 Å². The zero-order valence-electron chi connectivity index (χ0n) is 10.9. The summed E-state index contributed by atoms with van der Waals surface area (Å²) in [6, 6.07) is 8.57. The topological polar surface area (TPSA) is 50.9 Å². The Morgan fingerprint density at radius 2 is 1.94 bits per heavy atom. The fraction of sp³-hybridized carbons (Fsp3) is 0.429. The zero-order chi connectivity index (χ0) is 13.0. The number of benzene rings is 1. The fourth-order valence-corrected chi connectivity index (χ4v) is 1.84. The minimum Gasteiger partial charge on any atom is -0.396 e. The first-order valence-corrected chi connectivity index (χ1v) is 6.27. The molecular weight excluding hydrogens is 226 g/mol. The van der Waals surface area contributed by atoms with Crippen LogP contribution in [0.5, 0.6) is 0 Å². The number of rotatable bonds is 5. The van der Waals surface area contributed by atoms with Gasteiger partial charge in [0.2, 0.25) is 0 Å². The average molecular weight is 245 g/mol. The highest BCUT2D eigenvalue weighted by atomic mass is 16.3. The third-order valence-corrected chi connectivity index (χ3v) is 2.94. The Morgan fingerprint density at radius 3 is 2.56 bits per heavy atom. The van der Waals surface area contributed by atoms with Gasteiger partial charge in [-0.05, 0) is 17.0 Å². The van der Waals surface area contributed by atoms with Gasteiger partial charge >= 0.3 is 0 Å². The van der Waals surface area contributed by atoms with E-state index in [0.29, 0.717) is 12.3 Å². The highest BCUT2D eigenvalue weighted by Crippen LogP contribution is 2.15. The molecule has 0 bridgehead atoms. The van der Waals surface area contributed by atoms with Crippen molar-refractivity contribution in [3.8, 4) is 0 Å². The second-order valence-corrected chi connectivity index (χ2v) is 4.78. The molecule has 1 N–H and O–H groups in total. The third kappa shape index (κ3) is 3.17. The van der Waals surface area contributed by atoms with Crippen molar-refractivity contribution in [3.05, 3.63) is 47.3 Å². The summed E-state index contributed by atoms with van der Waals surface area (Å²) in [6.45, 7) is 5.21. The van der Waals surface area contributed by atoms with Gasteiger partial charge in [-0.25, -0.2) is 4.68 Å². The van der Waals surface area contributed by atoms with E-state index >= 15 is 0 Å². The van der Waals surface area contributed by atoms with Gasteiger partial charge in [-0.1, -0.05) is 43.3 Å². The van der Waals surface area contributed by atoms with E-state index in [1.54, 1.807) is 4.68 Å². The van der Waals surface area contributed by atoms with Gasteiger partial charge in [0, 0.05) is 19.2 Å². The molecule has 0 saturated heterocycles. The minimum atomic E-state index is 0.113. The van der Waals surface area contributed by atoms with E-state index in [1.165, 1.54) is 11.1 Å². The van der Waals surface area contributed by atoms with E-state index in [2.05, 4.69) is 48.4 Å². The maximum atomic E-state index is 8.82. The molecule has 0 amide bonds. The molecule has 18 heavy (non-hydrogen) atoms. The van der Waals surface area contributed by atoms with Crippen molar-refractivity contribution in [1.82, 2.24) is 15.0 Å². The van der Waals surface area contributed by atoms with E-state index in [9.17, 15) is 0 Å². The highest BCUT2D eigenvalue weighted by Gasteiger charge is 2.02. The molecule has 1 aromatic carbocycles. The van der Waals surface area contributed by atoms with E-state index in [-0.39, 0.29) is 6.61 Å². The second-order valence-electron chi connectivity index (χ2n) is 4.78. The molecule has 0 aliphatic heterocycles. The Hall–Kier alpha value is -1.68. The summed E-state index contributed by atoms with van der Waals surface area (Å²) < 4.78 is 1.80. The fourth-order valence-electron chi connectivity index (χ4n) is 1.84. The average Bonchev–Trinajstić information content (AvgIpc) is 2.78. The lowest BCUT2D eigenvalue weighted by Gasteiger charge is -2.06. The molecule has 1 aromatic heterocycles. The van der Waals surface area contributed by atoms with Gasteiger partial charge in [0.05, 0.1) is 12.2 Å². The molecule has 4 nitrogen and oxygen atoms in total. The molecule has 0 radical (unpaired) electrons. The van der Waals surface area contributed by atoms with E-state index < -0.39 is 0 Å². The molecule has 4 heteroatoms. The van der Waals surface area contributed by atoms with Gasteiger partial charge in [-0.3, -0.25) is 0 Å². The van der Waals surface area contributed by atoms with Crippen molar-refractivity contribution in [1.29, 1.82) is 0 Å². The highest BCUT2D eigenvalue weighted by molar-refractivity contribution is 5.24. The molecule has 0 fully saturated rings. The molecule has 96 valence electrons.